The molecular weight excluding hydrogens is 384 g/mol. The fourth-order valence-corrected chi connectivity index (χ4v) is 3.75. The summed E-state index contributed by atoms with van der Waals surface area (Å²) in [6.45, 7) is 4.43. The lowest BCUT2D eigenvalue weighted by atomic mass is 10.1. The van der Waals surface area contributed by atoms with E-state index in [1.807, 2.05) is 74.5 Å². The molecule has 0 saturated carbocycles. The second-order valence-corrected chi connectivity index (χ2v) is 7.39. The molecule has 4 aromatic rings. The van der Waals surface area contributed by atoms with Crippen molar-refractivity contribution < 1.29 is 9.59 Å². The van der Waals surface area contributed by atoms with Gasteiger partial charge in [-0.05, 0) is 61.2 Å². The number of anilines is 2. The lowest BCUT2D eigenvalue weighted by molar-refractivity contribution is 0.0987. The third-order valence-electron chi connectivity index (χ3n) is 5.40. The van der Waals surface area contributed by atoms with Gasteiger partial charge in [0.15, 0.2) is 0 Å². The summed E-state index contributed by atoms with van der Waals surface area (Å²) in [4.78, 5) is 27.6. The van der Waals surface area contributed by atoms with Gasteiger partial charge in [-0.15, -0.1) is 0 Å². The van der Waals surface area contributed by atoms with Crippen LogP contribution in [0.5, 0.6) is 0 Å². The molecule has 0 fully saturated rings. The van der Waals surface area contributed by atoms with Gasteiger partial charge >= 0.3 is 0 Å². The Balaban J connectivity index is 1.56. The SMILES string of the molecule is CCN(C(=O)c1ccc(NC(=O)c2ccccc2C)cc1)c1cccc2ccccc12. The summed E-state index contributed by atoms with van der Waals surface area (Å²) in [5, 5.41) is 5.04. The number of carbonyl (C=O) groups excluding carboxylic acids is 2. The van der Waals surface area contributed by atoms with Gasteiger partial charge in [-0.1, -0.05) is 54.6 Å². The van der Waals surface area contributed by atoms with Crippen molar-refractivity contribution in [2.24, 2.45) is 0 Å². The largest absolute Gasteiger partial charge is 0.322 e. The molecule has 2 amide bonds. The molecule has 0 atom stereocenters. The highest BCUT2D eigenvalue weighted by molar-refractivity contribution is 6.11. The molecule has 1 N–H and O–H groups in total. The number of hydrogen-bond donors (Lipinski definition) is 1. The summed E-state index contributed by atoms with van der Waals surface area (Å²) in [6, 6.07) is 28.5. The first kappa shape index (κ1) is 20.4. The molecule has 0 aliphatic rings. The predicted octanol–water partition coefficient (Wildman–Crippen LogP) is 6.07. The van der Waals surface area contributed by atoms with E-state index < -0.39 is 0 Å². The molecule has 31 heavy (non-hydrogen) atoms. The Kier molecular flexibility index (Phi) is 5.80. The van der Waals surface area contributed by atoms with Crippen molar-refractivity contribution in [1.29, 1.82) is 0 Å². The van der Waals surface area contributed by atoms with E-state index in [2.05, 4.69) is 5.32 Å². The van der Waals surface area contributed by atoms with Crippen LogP contribution in [0.3, 0.4) is 0 Å². The zero-order chi connectivity index (χ0) is 21.8. The van der Waals surface area contributed by atoms with Gasteiger partial charge in [0.2, 0.25) is 0 Å². The van der Waals surface area contributed by atoms with E-state index in [9.17, 15) is 9.59 Å². The Morgan fingerprint density at radius 1 is 0.806 bits per heavy atom. The van der Waals surface area contributed by atoms with Gasteiger partial charge in [0, 0.05) is 28.7 Å². The minimum Gasteiger partial charge on any atom is -0.322 e. The van der Waals surface area contributed by atoms with Gasteiger partial charge in [-0.25, -0.2) is 0 Å². The van der Waals surface area contributed by atoms with Crippen molar-refractivity contribution in [2.75, 3.05) is 16.8 Å². The summed E-state index contributed by atoms with van der Waals surface area (Å²) in [5.41, 5.74) is 3.67. The Bertz CT molecular complexity index is 1240. The number of amides is 2. The molecule has 0 aromatic heterocycles. The average molecular weight is 409 g/mol. The number of benzene rings is 4. The van der Waals surface area contributed by atoms with Crippen LogP contribution in [0.1, 0.15) is 33.2 Å². The molecule has 0 aliphatic heterocycles. The third-order valence-corrected chi connectivity index (χ3v) is 5.40. The molecular formula is C27H24N2O2. The van der Waals surface area contributed by atoms with Crippen LogP contribution in [-0.4, -0.2) is 18.4 Å². The first-order valence-corrected chi connectivity index (χ1v) is 10.3. The Labute approximate surface area is 182 Å². The zero-order valence-electron chi connectivity index (χ0n) is 17.6. The van der Waals surface area contributed by atoms with E-state index in [1.54, 1.807) is 35.2 Å². The quantitative estimate of drug-likeness (QED) is 0.436. The van der Waals surface area contributed by atoms with Crippen LogP contribution in [0.15, 0.2) is 91.0 Å². The molecule has 0 unspecified atom stereocenters. The Morgan fingerprint density at radius 3 is 2.23 bits per heavy atom. The summed E-state index contributed by atoms with van der Waals surface area (Å²) < 4.78 is 0. The highest BCUT2D eigenvalue weighted by atomic mass is 16.2. The van der Waals surface area contributed by atoms with Gasteiger partial charge in [0.25, 0.3) is 11.8 Å². The molecule has 154 valence electrons. The maximum absolute atomic E-state index is 13.3. The first-order valence-electron chi connectivity index (χ1n) is 10.3. The highest BCUT2D eigenvalue weighted by Crippen LogP contribution is 2.28. The van der Waals surface area contributed by atoms with Crippen molar-refractivity contribution in [2.45, 2.75) is 13.8 Å². The number of aryl methyl sites for hydroxylation is 1. The van der Waals surface area contributed by atoms with Gasteiger partial charge < -0.3 is 10.2 Å². The zero-order valence-corrected chi connectivity index (χ0v) is 17.6. The van der Waals surface area contributed by atoms with Crippen molar-refractivity contribution >= 4 is 34.0 Å². The van der Waals surface area contributed by atoms with Gasteiger partial charge in [-0.2, -0.15) is 0 Å². The van der Waals surface area contributed by atoms with Crippen LogP contribution in [0.4, 0.5) is 11.4 Å². The molecule has 4 nitrogen and oxygen atoms in total. The van der Waals surface area contributed by atoms with Crippen LogP contribution in [-0.2, 0) is 0 Å². The molecule has 0 spiro atoms. The monoisotopic (exact) mass is 408 g/mol. The molecule has 4 rings (SSSR count). The molecule has 4 heteroatoms. The maximum Gasteiger partial charge on any atom is 0.258 e. The Hall–Kier alpha value is -3.92. The van der Waals surface area contributed by atoms with Crippen LogP contribution >= 0.6 is 0 Å². The summed E-state index contributed by atoms with van der Waals surface area (Å²) in [5.74, 6) is -0.237. The first-order chi connectivity index (χ1) is 15.1. The number of carbonyl (C=O) groups is 2. The second kappa shape index (κ2) is 8.84. The molecule has 0 heterocycles. The van der Waals surface area contributed by atoms with E-state index in [4.69, 9.17) is 0 Å². The van der Waals surface area contributed by atoms with Gasteiger partial charge in [0.1, 0.15) is 0 Å². The number of nitrogens with one attached hydrogen (secondary N) is 1. The van der Waals surface area contributed by atoms with E-state index in [-0.39, 0.29) is 11.8 Å². The van der Waals surface area contributed by atoms with Crippen LogP contribution < -0.4 is 10.2 Å². The van der Waals surface area contributed by atoms with Crippen molar-refractivity contribution in [3.8, 4) is 0 Å². The van der Waals surface area contributed by atoms with E-state index in [0.29, 0.717) is 23.4 Å². The lowest BCUT2D eigenvalue weighted by Gasteiger charge is -2.23. The minimum atomic E-state index is -0.164. The second-order valence-electron chi connectivity index (χ2n) is 7.39. The third kappa shape index (κ3) is 4.19. The average Bonchev–Trinajstić information content (AvgIpc) is 2.80. The summed E-state index contributed by atoms with van der Waals surface area (Å²) >= 11 is 0. The van der Waals surface area contributed by atoms with Crippen molar-refractivity contribution in [1.82, 2.24) is 0 Å². The van der Waals surface area contributed by atoms with E-state index in [1.165, 1.54) is 0 Å². The topological polar surface area (TPSA) is 49.4 Å². The molecule has 4 aromatic carbocycles. The fraction of sp³-hybridized carbons (Fsp3) is 0.111. The molecule has 0 aliphatic carbocycles. The van der Waals surface area contributed by atoms with Gasteiger partial charge in [-0.3, -0.25) is 9.59 Å². The number of fused-ring (bicyclic) bond motifs is 1. The smallest absolute Gasteiger partial charge is 0.258 e. The number of hydrogen-bond acceptors (Lipinski definition) is 2. The molecule has 0 radical (unpaired) electrons. The van der Waals surface area contributed by atoms with Crippen LogP contribution in [0, 0.1) is 6.92 Å². The maximum atomic E-state index is 13.3. The van der Waals surface area contributed by atoms with E-state index in [0.717, 1.165) is 22.0 Å². The highest BCUT2D eigenvalue weighted by Gasteiger charge is 2.18. The predicted molar refractivity (Wildman–Crippen MR) is 127 cm³/mol. The van der Waals surface area contributed by atoms with Crippen LogP contribution in [0.2, 0.25) is 0 Å². The molecule has 0 bridgehead atoms. The summed E-state index contributed by atoms with van der Waals surface area (Å²) in [6.07, 6.45) is 0. The Morgan fingerprint density at radius 2 is 1.48 bits per heavy atom. The van der Waals surface area contributed by atoms with E-state index >= 15 is 0 Å². The minimum absolute atomic E-state index is 0.0735. The fourth-order valence-electron chi connectivity index (χ4n) is 3.75. The normalized spacial score (nSPS) is 10.6. The number of rotatable bonds is 5. The summed E-state index contributed by atoms with van der Waals surface area (Å²) in [7, 11) is 0. The standard InChI is InChI=1S/C27H24N2O2/c1-3-29(25-14-8-11-20-10-5-7-13-24(20)25)27(31)21-15-17-22(18-16-21)28-26(30)23-12-6-4-9-19(23)2/h4-18H,3H2,1-2H3,(H,28,30). The van der Waals surface area contributed by atoms with Crippen molar-refractivity contribution in [3.63, 3.8) is 0 Å². The number of nitrogens with zero attached hydrogens (tertiary/aromatic N) is 1. The van der Waals surface area contributed by atoms with Crippen LogP contribution in [0.25, 0.3) is 10.8 Å². The van der Waals surface area contributed by atoms with Gasteiger partial charge in [0.05, 0.1) is 5.69 Å². The van der Waals surface area contributed by atoms with Crippen molar-refractivity contribution in [3.05, 3.63) is 108 Å². The lowest BCUT2D eigenvalue weighted by Crippen LogP contribution is -2.30. The molecule has 0 saturated heterocycles.